The van der Waals surface area contributed by atoms with E-state index in [1.54, 1.807) is 29.6 Å². The molecule has 3 saturated heterocycles. The molecule has 0 amide bonds. The van der Waals surface area contributed by atoms with Gasteiger partial charge in [0, 0.05) is 56.8 Å². The van der Waals surface area contributed by atoms with Crippen LogP contribution in [0.5, 0.6) is 0 Å². The largest absolute Gasteiger partial charge is 0.421 e. The highest BCUT2D eigenvalue weighted by Gasteiger charge is 2.51. The maximum Gasteiger partial charge on any atom is 0.421 e. The molecule has 1 N–H and O–H groups in total. The molecule has 4 atom stereocenters. The Hall–Kier alpha value is -1.70. The number of hydrogen-bond donors (Lipinski definition) is 1. The van der Waals surface area contributed by atoms with Crippen LogP contribution in [0.1, 0.15) is 12.5 Å². The van der Waals surface area contributed by atoms with E-state index in [0.717, 1.165) is 33.2 Å². The zero-order valence-electron chi connectivity index (χ0n) is 19.9. The number of thiophene rings is 1. The van der Waals surface area contributed by atoms with Gasteiger partial charge >= 0.3 is 6.18 Å². The average Bonchev–Trinajstić information content (AvgIpc) is 3.57. The summed E-state index contributed by atoms with van der Waals surface area (Å²) >= 11 is 1.19. The number of alkyl halides is 3. The van der Waals surface area contributed by atoms with Gasteiger partial charge in [0.1, 0.15) is 4.21 Å². The first kappa shape index (κ1) is 25.9. The molecule has 0 bridgehead atoms. The Labute approximate surface area is 213 Å². The van der Waals surface area contributed by atoms with Gasteiger partial charge in [-0.05, 0) is 36.1 Å². The molecular weight excluding hydrogens is 515 g/mol. The topological polar surface area (TPSA) is 73.3 Å². The number of rotatable bonds is 6. The van der Waals surface area contributed by atoms with Crippen LogP contribution in [0, 0.1) is 11.8 Å². The monoisotopic (exact) mass is 545 g/mol. The van der Waals surface area contributed by atoms with Crippen molar-refractivity contribution in [1.82, 2.24) is 9.21 Å². The van der Waals surface area contributed by atoms with Gasteiger partial charge in [0.05, 0.1) is 19.3 Å². The minimum absolute atomic E-state index is 0.179. The number of sulfonamides is 1. The Balaban J connectivity index is 1.38. The predicted molar refractivity (Wildman–Crippen MR) is 131 cm³/mol. The number of anilines is 1. The summed E-state index contributed by atoms with van der Waals surface area (Å²) in [4.78, 5) is 4.43. The lowest BCUT2D eigenvalue weighted by Crippen LogP contribution is -2.58. The second-order valence-electron chi connectivity index (χ2n) is 10.0. The number of hydrogen-bond acceptors (Lipinski definition) is 7. The molecule has 12 heteroatoms. The first-order valence-corrected chi connectivity index (χ1v) is 14.3. The van der Waals surface area contributed by atoms with Crippen LogP contribution in [0.15, 0.2) is 46.0 Å². The molecule has 4 unspecified atom stereocenters. The molecular formula is C24H30F3N3O4S2. The van der Waals surface area contributed by atoms with E-state index in [2.05, 4.69) is 9.80 Å². The van der Waals surface area contributed by atoms with Gasteiger partial charge in [0.15, 0.2) is 5.60 Å². The van der Waals surface area contributed by atoms with E-state index in [4.69, 9.17) is 4.74 Å². The molecule has 7 nitrogen and oxygen atoms in total. The molecule has 0 spiro atoms. The number of aliphatic hydroxyl groups is 1. The van der Waals surface area contributed by atoms with E-state index in [1.807, 2.05) is 0 Å². The van der Waals surface area contributed by atoms with Crippen molar-refractivity contribution in [2.24, 2.45) is 11.8 Å². The van der Waals surface area contributed by atoms with Crippen LogP contribution in [0.2, 0.25) is 0 Å². The van der Waals surface area contributed by atoms with Crippen LogP contribution in [0.4, 0.5) is 18.9 Å². The third-order valence-corrected chi connectivity index (χ3v) is 10.9. The summed E-state index contributed by atoms with van der Waals surface area (Å²) < 4.78 is 73.8. The van der Waals surface area contributed by atoms with Crippen molar-refractivity contribution in [2.75, 3.05) is 57.4 Å². The van der Waals surface area contributed by atoms with Crippen molar-refractivity contribution in [1.29, 1.82) is 0 Å². The lowest BCUT2D eigenvalue weighted by Gasteiger charge is -2.43. The smallest absolute Gasteiger partial charge is 0.381 e. The standard InChI is InChI=1S/C24H30F3N3O4S2/c1-23(31,24(25,26)27)19-4-6-20(7-5-19)30-9-8-29(36(32,33)22-3-2-10-35-22)14-21(30)13-28-11-17-15-34-16-18(17)12-28/h2-7,10,17-18,21,31H,8-9,11-16H2,1H3. The van der Waals surface area contributed by atoms with E-state index in [-0.39, 0.29) is 24.7 Å². The van der Waals surface area contributed by atoms with Crippen molar-refractivity contribution in [2.45, 2.75) is 29.0 Å². The van der Waals surface area contributed by atoms with E-state index in [1.165, 1.54) is 27.8 Å². The van der Waals surface area contributed by atoms with Crippen molar-refractivity contribution in [3.63, 3.8) is 0 Å². The Bertz CT molecular complexity index is 1140. The van der Waals surface area contributed by atoms with Gasteiger partial charge < -0.3 is 19.6 Å². The van der Waals surface area contributed by atoms with Gasteiger partial charge in [-0.15, -0.1) is 11.3 Å². The van der Waals surface area contributed by atoms with Gasteiger partial charge in [-0.3, -0.25) is 0 Å². The minimum atomic E-state index is -4.80. The predicted octanol–water partition coefficient (Wildman–Crippen LogP) is 2.98. The summed E-state index contributed by atoms with van der Waals surface area (Å²) in [7, 11) is -3.62. The van der Waals surface area contributed by atoms with Crippen LogP contribution in [-0.4, -0.2) is 87.4 Å². The number of likely N-dealkylation sites (tertiary alicyclic amines) is 1. The lowest BCUT2D eigenvalue weighted by molar-refractivity contribution is -0.258. The maximum absolute atomic E-state index is 13.3. The Kier molecular flexibility index (Phi) is 6.88. The van der Waals surface area contributed by atoms with E-state index in [0.29, 0.717) is 34.8 Å². The summed E-state index contributed by atoms with van der Waals surface area (Å²) in [5.41, 5.74) is -2.48. The number of halogens is 3. The van der Waals surface area contributed by atoms with Crippen LogP contribution < -0.4 is 4.90 Å². The van der Waals surface area contributed by atoms with Gasteiger partial charge in [-0.1, -0.05) is 18.2 Å². The summed E-state index contributed by atoms with van der Waals surface area (Å²) in [5.74, 6) is 0.966. The molecule has 5 rings (SSSR count). The highest BCUT2D eigenvalue weighted by molar-refractivity contribution is 7.91. The Morgan fingerprint density at radius 3 is 2.31 bits per heavy atom. The fraction of sp³-hybridized carbons (Fsp3) is 0.583. The molecule has 1 aromatic carbocycles. The third kappa shape index (κ3) is 4.79. The molecule has 3 aliphatic rings. The van der Waals surface area contributed by atoms with Crippen LogP contribution in [0.3, 0.4) is 0 Å². The molecule has 198 valence electrons. The van der Waals surface area contributed by atoms with E-state index in [9.17, 15) is 26.7 Å². The van der Waals surface area contributed by atoms with Gasteiger partial charge in [0.2, 0.25) is 0 Å². The molecule has 3 aliphatic heterocycles. The second kappa shape index (κ2) is 9.55. The zero-order chi connectivity index (χ0) is 25.7. The van der Waals surface area contributed by atoms with Crippen LogP contribution >= 0.6 is 11.3 Å². The van der Waals surface area contributed by atoms with Gasteiger partial charge in [-0.25, -0.2) is 8.42 Å². The molecule has 3 fully saturated rings. The molecule has 0 radical (unpaired) electrons. The van der Waals surface area contributed by atoms with Gasteiger partial charge in [-0.2, -0.15) is 17.5 Å². The van der Waals surface area contributed by atoms with Crippen molar-refractivity contribution in [3.8, 4) is 0 Å². The quantitative estimate of drug-likeness (QED) is 0.602. The first-order chi connectivity index (χ1) is 17.0. The summed E-state index contributed by atoms with van der Waals surface area (Å²) in [6.45, 7) is 5.62. The van der Waals surface area contributed by atoms with Gasteiger partial charge in [0.25, 0.3) is 10.0 Å². The molecule has 1 aromatic heterocycles. The van der Waals surface area contributed by atoms with Crippen molar-refractivity contribution < 1.29 is 31.4 Å². The number of ether oxygens (including phenoxy) is 1. The molecule has 36 heavy (non-hydrogen) atoms. The SMILES string of the molecule is CC(O)(c1ccc(N2CCN(S(=O)(=O)c3cccs3)CC2CN2CC3COCC3C2)cc1)C(F)(F)F. The second-order valence-corrected chi connectivity index (χ2v) is 13.1. The maximum atomic E-state index is 13.3. The van der Waals surface area contributed by atoms with Crippen LogP contribution in [0.25, 0.3) is 0 Å². The molecule has 0 saturated carbocycles. The highest BCUT2D eigenvalue weighted by Crippen LogP contribution is 2.39. The third-order valence-electron chi connectivity index (χ3n) is 7.63. The average molecular weight is 546 g/mol. The summed E-state index contributed by atoms with van der Waals surface area (Å²) in [6.07, 6.45) is -4.80. The summed E-state index contributed by atoms with van der Waals surface area (Å²) in [5, 5.41) is 11.8. The fourth-order valence-electron chi connectivity index (χ4n) is 5.45. The Morgan fingerprint density at radius 1 is 1.06 bits per heavy atom. The molecule has 0 aliphatic carbocycles. The lowest BCUT2D eigenvalue weighted by atomic mass is 9.95. The number of piperazine rings is 1. The van der Waals surface area contributed by atoms with Crippen molar-refractivity contribution in [3.05, 3.63) is 47.3 Å². The fourth-order valence-corrected chi connectivity index (χ4v) is 8.06. The highest BCUT2D eigenvalue weighted by atomic mass is 32.2. The normalized spacial score (nSPS) is 27.8. The summed E-state index contributed by atoms with van der Waals surface area (Å²) in [6, 6.07) is 8.90. The molecule has 2 aromatic rings. The minimum Gasteiger partial charge on any atom is -0.381 e. The van der Waals surface area contributed by atoms with E-state index >= 15 is 0 Å². The van der Waals surface area contributed by atoms with Crippen LogP contribution in [-0.2, 0) is 20.4 Å². The first-order valence-electron chi connectivity index (χ1n) is 12.0. The zero-order valence-corrected chi connectivity index (χ0v) is 21.5. The van der Waals surface area contributed by atoms with E-state index < -0.39 is 21.8 Å². The number of nitrogens with zero attached hydrogens (tertiary/aromatic N) is 3. The van der Waals surface area contributed by atoms with Crippen molar-refractivity contribution >= 4 is 27.0 Å². The Morgan fingerprint density at radius 2 is 1.72 bits per heavy atom. The number of fused-ring (bicyclic) bond motifs is 1. The molecule has 4 heterocycles. The number of benzene rings is 1.